The lowest BCUT2D eigenvalue weighted by atomic mass is 10.0. The van der Waals surface area contributed by atoms with Gasteiger partial charge in [0.1, 0.15) is 23.1 Å². The van der Waals surface area contributed by atoms with Gasteiger partial charge in [-0.3, -0.25) is 4.79 Å². The maximum absolute atomic E-state index is 13.1. The number of fused-ring (bicyclic) bond motifs is 2. The third-order valence-corrected chi connectivity index (χ3v) is 6.68. The second-order valence-electron chi connectivity index (χ2n) is 8.93. The molecule has 0 unspecified atom stereocenters. The van der Waals surface area contributed by atoms with Crippen molar-refractivity contribution in [3.63, 3.8) is 0 Å². The molecule has 0 radical (unpaired) electrons. The second kappa shape index (κ2) is 9.77. The molecule has 0 fully saturated rings. The standard InChI is InChI=1S/C24H29ClN6O3/c1-29(2)10-11-34-21-8-5-7-18(22(21)25)31-20-14-33-13-17(16(20)12-27-31)28-24(32)23-19-6-3-4-9-30(19)15-26-23/h5,7-8,12,15,17H,3-4,6,9-11,13-14H2,1-2H3,(H,28,32)/t17-/m1/s1. The number of carbonyl (C=O) groups excluding carboxylic acids is 1. The summed E-state index contributed by atoms with van der Waals surface area (Å²) in [6.07, 6.45) is 6.61. The van der Waals surface area contributed by atoms with Gasteiger partial charge in [-0.1, -0.05) is 17.7 Å². The average molecular weight is 485 g/mol. The van der Waals surface area contributed by atoms with Crippen LogP contribution in [0.15, 0.2) is 30.7 Å². The van der Waals surface area contributed by atoms with Crippen LogP contribution < -0.4 is 10.1 Å². The summed E-state index contributed by atoms with van der Waals surface area (Å²) in [6.45, 7) is 2.98. The summed E-state index contributed by atoms with van der Waals surface area (Å²) in [7, 11) is 3.99. The molecule has 4 heterocycles. The molecule has 1 aromatic carbocycles. The van der Waals surface area contributed by atoms with Crippen molar-refractivity contribution in [3.05, 3.63) is 58.4 Å². The van der Waals surface area contributed by atoms with Gasteiger partial charge < -0.3 is 24.3 Å². The predicted molar refractivity (Wildman–Crippen MR) is 128 cm³/mol. The van der Waals surface area contributed by atoms with E-state index in [1.165, 1.54) is 0 Å². The first-order chi connectivity index (χ1) is 16.5. The number of rotatable bonds is 7. The van der Waals surface area contributed by atoms with E-state index in [1.807, 2.05) is 37.2 Å². The van der Waals surface area contributed by atoms with Crippen molar-refractivity contribution in [1.82, 2.24) is 29.5 Å². The summed E-state index contributed by atoms with van der Waals surface area (Å²) in [5, 5.41) is 8.18. The third kappa shape index (κ3) is 4.43. The molecule has 0 spiro atoms. The molecule has 9 nitrogen and oxygen atoms in total. The summed E-state index contributed by atoms with van der Waals surface area (Å²) in [6, 6.07) is 5.33. The molecular formula is C24H29ClN6O3. The number of halogens is 1. The molecule has 0 bridgehead atoms. The maximum atomic E-state index is 13.1. The Morgan fingerprint density at radius 3 is 3.06 bits per heavy atom. The molecule has 2 aromatic heterocycles. The lowest BCUT2D eigenvalue weighted by Crippen LogP contribution is -2.35. The number of likely N-dealkylation sites (N-methyl/N-ethyl adjacent to an activating group) is 1. The summed E-state index contributed by atoms with van der Waals surface area (Å²) in [5.41, 5.74) is 4.00. The molecule has 34 heavy (non-hydrogen) atoms. The van der Waals surface area contributed by atoms with Crippen LogP contribution in [0.2, 0.25) is 5.02 Å². The molecule has 2 aliphatic rings. The van der Waals surface area contributed by atoms with Crippen LogP contribution in [0.25, 0.3) is 5.69 Å². The van der Waals surface area contributed by atoms with Crippen molar-refractivity contribution < 1.29 is 14.3 Å². The van der Waals surface area contributed by atoms with Gasteiger partial charge in [0, 0.05) is 18.7 Å². The van der Waals surface area contributed by atoms with Crippen LogP contribution in [0.1, 0.15) is 46.3 Å². The van der Waals surface area contributed by atoms with Crippen molar-refractivity contribution in [2.24, 2.45) is 0 Å². The smallest absolute Gasteiger partial charge is 0.272 e. The molecule has 180 valence electrons. The number of imidazole rings is 1. The van der Waals surface area contributed by atoms with E-state index in [0.29, 0.717) is 42.0 Å². The Morgan fingerprint density at radius 2 is 2.21 bits per heavy atom. The summed E-state index contributed by atoms with van der Waals surface area (Å²) in [4.78, 5) is 19.5. The average Bonchev–Trinajstić information content (AvgIpc) is 3.45. The molecule has 3 aromatic rings. The summed E-state index contributed by atoms with van der Waals surface area (Å²) < 4.78 is 15.6. The molecule has 0 saturated carbocycles. The Bertz CT molecular complexity index is 1190. The number of hydrogen-bond acceptors (Lipinski definition) is 6. The number of amides is 1. The molecule has 1 N–H and O–H groups in total. The van der Waals surface area contributed by atoms with Crippen LogP contribution in [0.4, 0.5) is 0 Å². The number of ether oxygens (including phenoxy) is 2. The number of aryl methyl sites for hydroxylation is 1. The van der Waals surface area contributed by atoms with E-state index in [-0.39, 0.29) is 11.9 Å². The van der Waals surface area contributed by atoms with Crippen LogP contribution in [-0.2, 0) is 24.3 Å². The van der Waals surface area contributed by atoms with Crippen molar-refractivity contribution in [2.75, 3.05) is 33.9 Å². The van der Waals surface area contributed by atoms with Crippen LogP contribution in [-0.4, -0.2) is 64.0 Å². The minimum atomic E-state index is -0.316. The Labute approximate surface area is 203 Å². The van der Waals surface area contributed by atoms with E-state index in [0.717, 1.165) is 49.3 Å². The Kier molecular flexibility index (Phi) is 6.58. The van der Waals surface area contributed by atoms with Crippen LogP contribution in [0, 0.1) is 0 Å². The molecule has 1 atom stereocenters. The number of carbonyl (C=O) groups is 1. The molecular weight excluding hydrogens is 456 g/mol. The first kappa shape index (κ1) is 22.9. The van der Waals surface area contributed by atoms with Crippen molar-refractivity contribution >= 4 is 17.5 Å². The number of hydrogen-bond donors (Lipinski definition) is 1. The fraction of sp³-hybridized carbons (Fsp3) is 0.458. The predicted octanol–water partition coefficient (Wildman–Crippen LogP) is 3.00. The normalized spacial score (nSPS) is 17.4. The van der Waals surface area contributed by atoms with Gasteiger partial charge in [-0.2, -0.15) is 5.10 Å². The van der Waals surface area contributed by atoms with E-state index in [2.05, 4.69) is 20.0 Å². The third-order valence-electron chi connectivity index (χ3n) is 6.30. The quantitative estimate of drug-likeness (QED) is 0.555. The largest absolute Gasteiger partial charge is 0.491 e. The van der Waals surface area contributed by atoms with E-state index in [9.17, 15) is 4.79 Å². The van der Waals surface area contributed by atoms with Crippen molar-refractivity contribution in [3.8, 4) is 11.4 Å². The van der Waals surface area contributed by atoms with Gasteiger partial charge in [0.15, 0.2) is 0 Å². The Morgan fingerprint density at radius 1 is 1.32 bits per heavy atom. The fourth-order valence-corrected chi connectivity index (χ4v) is 4.74. The minimum Gasteiger partial charge on any atom is -0.491 e. The van der Waals surface area contributed by atoms with Crippen molar-refractivity contribution in [1.29, 1.82) is 0 Å². The van der Waals surface area contributed by atoms with E-state index >= 15 is 0 Å². The molecule has 10 heteroatoms. The lowest BCUT2D eigenvalue weighted by molar-refractivity contribution is 0.0684. The van der Waals surface area contributed by atoms with Crippen LogP contribution >= 0.6 is 11.6 Å². The zero-order valence-electron chi connectivity index (χ0n) is 19.5. The van der Waals surface area contributed by atoms with Gasteiger partial charge in [-0.05, 0) is 45.5 Å². The number of nitrogens with one attached hydrogen (secondary N) is 1. The van der Waals surface area contributed by atoms with Crippen LogP contribution in [0.5, 0.6) is 5.75 Å². The lowest BCUT2D eigenvalue weighted by Gasteiger charge is -2.25. The monoisotopic (exact) mass is 484 g/mol. The Balaban J connectivity index is 1.37. The molecule has 0 aliphatic carbocycles. The van der Waals surface area contributed by atoms with E-state index < -0.39 is 0 Å². The topological polar surface area (TPSA) is 86.4 Å². The van der Waals surface area contributed by atoms with Crippen LogP contribution in [0.3, 0.4) is 0 Å². The minimum absolute atomic E-state index is 0.181. The highest BCUT2D eigenvalue weighted by molar-refractivity contribution is 6.33. The highest BCUT2D eigenvalue weighted by Crippen LogP contribution is 2.34. The Hall–Kier alpha value is -2.88. The highest BCUT2D eigenvalue weighted by Gasteiger charge is 2.29. The maximum Gasteiger partial charge on any atom is 0.272 e. The molecule has 0 saturated heterocycles. The zero-order valence-corrected chi connectivity index (χ0v) is 20.2. The zero-order chi connectivity index (χ0) is 23.7. The highest BCUT2D eigenvalue weighted by atomic mass is 35.5. The van der Waals surface area contributed by atoms with Gasteiger partial charge in [0.05, 0.1) is 48.9 Å². The number of benzene rings is 1. The van der Waals surface area contributed by atoms with Gasteiger partial charge >= 0.3 is 0 Å². The van der Waals surface area contributed by atoms with E-state index in [1.54, 1.807) is 17.2 Å². The summed E-state index contributed by atoms with van der Waals surface area (Å²) in [5.74, 6) is 0.426. The van der Waals surface area contributed by atoms with E-state index in [4.69, 9.17) is 21.1 Å². The van der Waals surface area contributed by atoms with Gasteiger partial charge in [-0.25, -0.2) is 9.67 Å². The van der Waals surface area contributed by atoms with Gasteiger partial charge in [-0.15, -0.1) is 0 Å². The number of aromatic nitrogens is 4. The van der Waals surface area contributed by atoms with Gasteiger partial charge in [0.25, 0.3) is 5.91 Å². The second-order valence-corrected chi connectivity index (χ2v) is 9.31. The number of nitrogens with zero attached hydrogens (tertiary/aromatic N) is 5. The fourth-order valence-electron chi connectivity index (χ4n) is 4.48. The first-order valence-corrected chi connectivity index (χ1v) is 12.0. The molecule has 5 rings (SSSR count). The summed E-state index contributed by atoms with van der Waals surface area (Å²) >= 11 is 6.69. The van der Waals surface area contributed by atoms with Crippen molar-refractivity contribution in [2.45, 2.75) is 38.5 Å². The SMILES string of the molecule is CN(C)CCOc1cccc(-n2ncc3c2COC[C@H]3NC(=O)c2ncn3c2CCCC3)c1Cl. The molecule has 1 amide bonds. The van der Waals surface area contributed by atoms with Gasteiger partial charge in [0.2, 0.25) is 0 Å². The molecule has 2 aliphatic heterocycles. The first-order valence-electron chi connectivity index (χ1n) is 11.6.